The Hall–Kier alpha value is -1.07. The van der Waals surface area contributed by atoms with Crippen LogP contribution in [0.3, 0.4) is 0 Å². The minimum atomic E-state index is 0.167. The van der Waals surface area contributed by atoms with Gasteiger partial charge in [0, 0.05) is 39.6 Å². The summed E-state index contributed by atoms with van der Waals surface area (Å²) in [6, 6.07) is 0. The van der Waals surface area contributed by atoms with Gasteiger partial charge in [0.15, 0.2) is 5.15 Å². The molecule has 0 saturated carbocycles. The van der Waals surface area contributed by atoms with Gasteiger partial charge in [0.2, 0.25) is 5.91 Å². The first kappa shape index (κ1) is 15.8. The van der Waals surface area contributed by atoms with Crippen LogP contribution in [0.15, 0.2) is 0 Å². The minimum Gasteiger partial charge on any atom is -0.345 e. The standard InChI is InChI=1S/C16H25ClN4O/c1-3-4-5-14-18-13(15(17)19-14)10-21-8-11-6-7-20(2)16(22)12(11)9-21/h11-12H,3-10H2,1-2H3,(H,18,19)/t11-,12+/m1/s1. The zero-order valence-electron chi connectivity index (χ0n) is 13.4. The lowest BCUT2D eigenvalue weighted by molar-refractivity contribution is -0.137. The van der Waals surface area contributed by atoms with E-state index >= 15 is 0 Å². The number of rotatable bonds is 5. The molecule has 3 rings (SSSR count). The molecule has 2 aliphatic heterocycles. The number of unbranched alkanes of at least 4 members (excludes halogenated alkanes) is 1. The van der Waals surface area contributed by atoms with Crippen molar-refractivity contribution >= 4 is 17.5 Å². The number of carbonyl (C=O) groups is 1. The fraction of sp³-hybridized carbons (Fsp3) is 0.750. The molecule has 2 atom stereocenters. The fourth-order valence-corrected chi connectivity index (χ4v) is 3.85. The Morgan fingerprint density at radius 2 is 2.23 bits per heavy atom. The molecule has 2 saturated heterocycles. The van der Waals surface area contributed by atoms with Crippen LogP contribution in [0, 0.1) is 11.8 Å². The predicted molar refractivity (Wildman–Crippen MR) is 86.7 cm³/mol. The Morgan fingerprint density at radius 3 is 3.00 bits per heavy atom. The Balaban J connectivity index is 1.62. The van der Waals surface area contributed by atoms with Crippen molar-refractivity contribution in [1.82, 2.24) is 19.8 Å². The van der Waals surface area contributed by atoms with Crippen molar-refractivity contribution < 1.29 is 4.79 Å². The van der Waals surface area contributed by atoms with Gasteiger partial charge in [0.05, 0.1) is 11.6 Å². The number of fused-ring (bicyclic) bond motifs is 1. The summed E-state index contributed by atoms with van der Waals surface area (Å²) in [6.07, 6.45) is 4.34. The van der Waals surface area contributed by atoms with E-state index < -0.39 is 0 Å². The SMILES string of the molecule is CCCCc1nc(Cl)c(CN2C[C@H]3CCN(C)C(=O)[C@H]3C2)[nH]1. The molecule has 22 heavy (non-hydrogen) atoms. The molecule has 0 aliphatic carbocycles. The van der Waals surface area contributed by atoms with Gasteiger partial charge in [-0.2, -0.15) is 0 Å². The van der Waals surface area contributed by atoms with Gasteiger partial charge in [-0.15, -0.1) is 0 Å². The van der Waals surface area contributed by atoms with Crippen molar-refractivity contribution in [1.29, 1.82) is 0 Å². The van der Waals surface area contributed by atoms with Gasteiger partial charge >= 0.3 is 0 Å². The molecule has 3 heterocycles. The lowest BCUT2D eigenvalue weighted by Crippen LogP contribution is -2.42. The maximum absolute atomic E-state index is 12.2. The third-order valence-corrected chi connectivity index (χ3v) is 5.28. The molecule has 1 N–H and O–H groups in total. The number of likely N-dealkylation sites (tertiary alicyclic amines) is 2. The van der Waals surface area contributed by atoms with E-state index in [1.54, 1.807) is 0 Å². The highest BCUT2D eigenvalue weighted by molar-refractivity contribution is 6.30. The first-order chi connectivity index (χ1) is 10.6. The predicted octanol–water partition coefficient (Wildman–Crippen LogP) is 2.32. The quantitative estimate of drug-likeness (QED) is 0.904. The number of imidazole rings is 1. The molecule has 0 radical (unpaired) electrons. The number of halogens is 1. The van der Waals surface area contributed by atoms with E-state index in [1.165, 1.54) is 0 Å². The van der Waals surface area contributed by atoms with Gasteiger partial charge in [0.1, 0.15) is 5.82 Å². The van der Waals surface area contributed by atoms with Crippen molar-refractivity contribution in [2.45, 2.75) is 39.2 Å². The highest BCUT2D eigenvalue weighted by Gasteiger charge is 2.41. The zero-order valence-corrected chi connectivity index (χ0v) is 14.2. The van der Waals surface area contributed by atoms with Crippen LogP contribution in [-0.2, 0) is 17.8 Å². The van der Waals surface area contributed by atoms with Crippen LogP contribution in [0.1, 0.15) is 37.7 Å². The Morgan fingerprint density at radius 1 is 1.41 bits per heavy atom. The monoisotopic (exact) mass is 324 g/mol. The number of nitrogens with zero attached hydrogens (tertiary/aromatic N) is 3. The number of hydrogen-bond donors (Lipinski definition) is 1. The summed E-state index contributed by atoms with van der Waals surface area (Å²) in [5.74, 6) is 1.96. The summed E-state index contributed by atoms with van der Waals surface area (Å²) in [7, 11) is 1.91. The van der Waals surface area contributed by atoms with Crippen molar-refractivity contribution in [2.24, 2.45) is 11.8 Å². The number of carbonyl (C=O) groups excluding carboxylic acids is 1. The van der Waals surface area contributed by atoms with Gasteiger partial charge < -0.3 is 9.88 Å². The van der Waals surface area contributed by atoms with Crippen LogP contribution in [0.2, 0.25) is 5.15 Å². The topological polar surface area (TPSA) is 52.2 Å². The molecule has 5 nitrogen and oxygen atoms in total. The highest BCUT2D eigenvalue weighted by atomic mass is 35.5. The normalized spacial score (nSPS) is 25.8. The van der Waals surface area contributed by atoms with Crippen LogP contribution < -0.4 is 0 Å². The largest absolute Gasteiger partial charge is 0.345 e. The summed E-state index contributed by atoms with van der Waals surface area (Å²) in [5.41, 5.74) is 0.993. The Kier molecular flexibility index (Phi) is 4.73. The zero-order chi connectivity index (χ0) is 15.7. The van der Waals surface area contributed by atoms with Crippen molar-refractivity contribution in [2.75, 3.05) is 26.7 Å². The highest BCUT2D eigenvalue weighted by Crippen LogP contribution is 2.32. The minimum absolute atomic E-state index is 0.167. The third kappa shape index (κ3) is 3.15. The number of aryl methyl sites for hydroxylation is 1. The Labute approximate surface area is 137 Å². The number of aromatic amines is 1. The van der Waals surface area contributed by atoms with E-state index in [4.69, 9.17) is 11.6 Å². The van der Waals surface area contributed by atoms with Gasteiger partial charge in [-0.1, -0.05) is 24.9 Å². The molecule has 1 aromatic heterocycles. The molecule has 6 heteroatoms. The smallest absolute Gasteiger partial charge is 0.227 e. The molecular formula is C16H25ClN4O. The van der Waals surface area contributed by atoms with Gasteiger partial charge in [-0.25, -0.2) is 4.98 Å². The molecule has 0 spiro atoms. The van der Waals surface area contributed by atoms with Crippen molar-refractivity contribution in [3.8, 4) is 0 Å². The van der Waals surface area contributed by atoms with E-state index in [1.807, 2.05) is 11.9 Å². The average Bonchev–Trinajstić information content (AvgIpc) is 3.06. The number of nitrogens with one attached hydrogen (secondary N) is 1. The first-order valence-corrected chi connectivity index (χ1v) is 8.66. The third-order valence-electron chi connectivity index (χ3n) is 4.97. The van der Waals surface area contributed by atoms with E-state index in [2.05, 4.69) is 21.8 Å². The summed E-state index contributed by atoms with van der Waals surface area (Å²) < 4.78 is 0. The second-order valence-electron chi connectivity index (χ2n) is 6.67. The van der Waals surface area contributed by atoms with Crippen LogP contribution in [-0.4, -0.2) is 52.4 Å². The molecule has 1 amide bonds. The fourth-order valence-electron chi connectivity index (χ4n) is 3.65. The second-order valence-corrected chi connectivity index (χ2v) is 7.02. The summed E-state index contributed by atoms with van der Waals surface area (Å²) >= 11 is 6.26. The van der Waals surface area contributed by atoms with E-state index in [9.17, 15) is 4.79 Å². The van der Waals surface area contributed by atoms with Crippen LogP contribution in [0.5, 0.6) is 0 Å². The first-order valence-electron chi connectivity index (χ1n) is 8.29. The average molecular weight is 325 g/mol. The summed E-state index contributed by atoms with van der Waals surface area (Å²) in [4.78, 5) is 24.2. The maximum atomic E-state index is 12.2. The molecular weight excluding hydrogens is 300 g/mol. The van der Waals surface area contributed by atoms with E-state index in [0.717, 1.165) is 63.4 Å². The van der Waals surface area contributed by atoms with Crippen LogP contribution in [0.4, 0.5) is 0 Å². The lowest BCUT2D eigenvalue weighted by atomic mass is 9.88. The van der Waals surface area contributed by atoms with Crippen LogP contribution in [0.25, 0.3) is 0 Å². The summed E-state index contributed by atoms with van der Waals surface area (Å²) in [5, 5.41) is 0.587. The number of amides is 1. The number of H-pyrrole nitrogens is 1. The molecule has 0 unspecified atom stereocenters. The number of aromatic nitrogens is 2. The molecule has 2 aliphatic rings. The van der Waals surface area contributed by atoms with Crippen LogP contribution >= 0.6 is 11.6 Å². The lowest BCUT2D eigenvalue weighted by Gasteiger charge is -2.30. The molecule has 0 aromatic carbocycles. The van der Waals surface area contributed by atoms with Crippen molar-refractivity contribution in [3.05, 3.63) is 16.7 Å². The van der Waals surface area contributed by atoms with Gasteiger partial charge in [-0.05, 0) is 18.8 Å². The number of hydrogen-bond acceptors (Lipinski definition) is 3. The maximum Gasteiger partial charge on any atom is 0.227 e. The Bertz CT molecular complexity index is 544. The summed E-state index contributed by atoms with van der Waals surface area (Å²) in [6.45, 7) is 5.66. The van der Waals surface area contributed by atoms with E-state index in [0.29, 0.717) is 17.0 Å². The molecule has 122 valence electrons. The second kappa shape index (κ2) is 6.59. The number of piperidine rings is 1. The van der Waals surface area contributed by atoms with Crippen molar-refractivity contribution in [3.63, 3.8) is 0 Å². The molecule has 2 fully saturated rings. The van der Waals surface area contributed by atoms with Gasteiger partial charge in [-0.3, -0.25) is 9.69 Å². The molecule has 1 aromatic rings. The molecule has 0 bridgehead atoms. The van der Waals surface area contributed by atoms with Gasteiger partial charge in [0.25, 0.3) is 0 Å². The van der Waals surface area contributed by atoms with E-state index in [-0.39, 0.29) is 5.92 Å².